The number of hydrogen-bond acceptors (Lipinski definition) is 1. The second kappa shape index (κ2) is 1.76. The summed E-state index contributed by atoms with van der Waals surface area (Å²) in [7, 11) is 0. The molecule has 1 heterocycles. The molecular weight excluding hydrogens is 99.0 g/mol. The van der Waals surface area contributed by atoms with E-state index >= 15 is 0 Å². The SMILES string of the molecule is [O]C(F)C1CCO1. The maximum atomic E-state index is 11.5. The first-order valence-corrected chi connectivity index (χ1v) is 2.22. The van der Waals surface area contributed by atoms with Crippen molar-refractivity contribution in [3.63, 3.8) is 0 Å². The van der Waals surface area contributed by atoms with E-state index in [0.717, 1.165) is 0 Å². The van der Waals surface area contributed by atoms with Gasteiger partial charge in [0.2, 0.25) is 0 Å². The molecular formula is C4H6FO2. The number of halogens is 1. The van der Waals surface area contributed by atoms with Crippen LogP contribution in [0.25, 0.3) is 0 Å². The summed E-state index contributed by atoms with van der Waals surface area (Å²) < 4.78 is 16.0. The third-order valence-corrected chi connectivity index (χ3v) is 1.03. The molecule has 1 radical (unpaired) electrons. The third-order valence-electron chi connectivity index (χ3n) is 1.03. The van der Waals surface area contributed by atoms with E-state index in [1.165, 1.54) is 0 Å². The van der Waals surface area contributed by atoms with Crippen molar-refractivity contribution in [3.05, 3.63) is 0 Å². The maximum Gasteiger partial charge on any atom is 0.257 e. The summed E-state index contributed by atoms with van der Waals surface area (Å²) in [5.41, 5.74) is 0. The minimum absolute atomic E-state index is 0.549. The van der Waals surface area contributed by atoms with E-state index in [9.17, 15) is 9.50 Å². The van der Waals surface area contributed by atoms with Gasteiger partial charge in [-0.1, -0.05) is 0 Å². The summed E-state index contributed by atoms with van der Waals surface area (Å²) in [5, 5.41) is 9.72. The Morgan fingerprint density at radius 3 is 2.43 bits per heavy atom. The van der Waals surface area contributed by atoms with E-state index in [1.807, 2.05) is 0 Å². The van der Waals surface area contributed by atoms with E-state index < -0.39 is 12.5 Å². The van der Waals surface area contributed by atoms with Crippen LogP contribution in [0.5, 0.6) is 0 Å². The lowest BCUT2D eigenvalue weighted by Gasteiger charge is -2.24. The minimum atomic E-state index is -2.02. The molecule has 0 saturated carbocycles. The van der Waals surface area contributed by atoms with Gasteiger partial charge >= 0.3 is 0 Å². The highest BCUT2D eigenvalue weighted by atomic mass is 19.1. The normalized spacial score (nSPS) is 34.3. The second-order valence-electron chi connectivity index (χ2n) is 1.55. The highest BCUT2D eigenvalue weighted by Crippen LogP contribution is 2.15. The fraction of sp³-hybridized carbons (Fsp3) is 1.00. The first-order chi connectivity index (χ1) is 3.30. The zero-order chi connectivity index (χ0) is 5.28. The Morgan fingerprint density at radius 1 is 1.86 bits per heavy atom. The van der Waals surface area contributed by atoms with Crippen LogP contribution in [0.3, 0.4) is 0 Å². The zero-order valence-electron chi connectivity index (χ0n) is 3.76. The van der Waals surface area contributed by atoms with Crippen LogP contribution in [0.1, 0.15) is 6.42 Å². The first kappa shape index (κ1) is 5.00. The number of ether oxygens (including phenoxy) is 1. The summed E-state index contributed by atoms with van der Waals surface area (Å²) >= 11 is 0. The predicted molar refractivity (Wildman–Crippen MR) is 19.9 cm³/mol. The van der Waals surface area contributed by atoms with E-state index in [-0.39, 0.29) is 0 Å². The quantitative estimate of drug-likeness (QED) is 0.477. The number of alkyl halides is 1. The molecule has 2 atom stereocenters. The number of hydrogen-bond donors (Lipinski definition) is 0. The van der Waals surface area contributed by atoms with Crippen LogP contribution in [0, 0.1) is 0 Å². The van der Waals surface area contributed by atoms with Crippen molar-refractivity contribution in [1.82, 2.24) is 0 Å². The fourth-order valence-electron chi connectivity index (χ4n) is 0.461. The standard InChI is InChI=1S/C4H6FO2/c5-4(6)3-1-2-7-3/h3-4H,1-2H2. The molecule has 1 saturated heterocycles. The topological polar surface area (TPSA) is 29.1 Å². The third kappa shape index (κ3) is 0.894. The molecule has 1 rings (SSSR count). The van der Waals surface area contributed by atoms with Gasteiger partial charge in [-0.2, -0.15) is 5.11 Å². The summed E-state index contributed by atoms with van der Waals surface area (Å²) in [6.45, 7) is 0.549. The van der Waals surface area contributed by atoms with Crippen molar-refractivity contribution < 1.29 is 14.2 Å². The Balaban J connectivity index is 2.14. The Hall–Kier alpha value is -0.150. The fourth-order valence-corrected chi connectivity index (χ4v) is 0.461. The number of rotatable bonds is 1. The largest absolute Gasteiger partial charge is 0.372 e. The van der Waals surface area contributed by atoms with Gasteiger partial charge in [0.15, 0.2) is 0 Å². The lowest BCUT2D eigenvalue weighted by atomic mass is 10.2. The summed E-state index contributed by atoms with van der Waals surface area (Å²) in [6, 6.07) is 0. The van der Waals surface area contributed by atoms with E-state index in [0.29, 0.717) is 13.0 Å². The van der Waals surface area contributed by atoms with Crippen molar-refractivity contribution >= 4 is 0 Å². The Bertz CT molecular complexity index is 60.7. The van der Waals surface area contributed by atoms with Gasteiger partial charge in [0.25, 0.3) is 6.36 Å². The van der Waals surface area contributed by atoms with Gasteiger partial charge in [0.1, 0.15) is 6.10 Å². The van der Waals surface area contributed by atoms with Gasteiger partial charge in [-0.3, -0.25) is 0 Å². The molecule has 41 valence electrons. The van der Waals surface area contributed by atoms with Gasteiger partial charge in [0.05, 0.1) is 0 Å². The minimum Gasteiger partial charge on any atom is -0.372 e. The highest BCUT2D eigenvalue weighted by Gasteiger charge is 2.27. The van der Waals surface area contributed by atoms with Crippen molar-refractivity contribution in [2.75, 3.05) is 6.61 Å². The molecule has 2 unspecified atom stereocenters. The molecule has 3 heteroatoms. The van der Waals surface area contributed by atoms with E-state index in [2.05, 4.69) is 4.74 Å². The lowest BCUT2D eigenvalue weighted by molar-refractivity contribution is -0.185. The van der Waals surface area contributed by atoms with Gasteiger partial charge < -0.3 is 4.74 Å². The van der Waals surface area contributed by atoms with Crippen molar-refractivity contribution in [3.8, 4) is 0 Å². The molecule has 2 nitrogen and oxygen atoms in total. The van der Waals surface area contributed by atoms with Crippen LogP contribution in [0.15, 0.2) is 0 Å². The van der Waals surface area contributed by atoms with Crippen LogP contribution in [-0.4, -0.2) is 19.1 Å². The average molecular weight is 105 g/mol. The van der Waals surface area contributed by atoms with E-state index in [4.69, 9.17) is 0 Å². The zero-order valence-corrected chi connectivity index (χ0v) is 3.76. The summed E-state index contributed by atoms with van der Waals surface area (Å²) in [6.07, 6.45) is -2.07. The molecule has 1 aliphatic heterocycles. The average Bonchev–Trinajstić information content (AvgIpc) is 1.23. The van der Waals surface area contributed by atoms with Crippen molar-refractivity contribution in [2.24, 2.45) is 0 Å². The van der Waals surface area contributed by atoms with E-state index in [1.54, 1.807) is 0 Å². The molecule has 0 bridgehead atoms. The molecule has 1 aliphatic rings. The molecule has 1 fully saturated rings. The van der Waals surface area contributed by atoms with Gasteiger partial charge in [-0.15, -0.1) is 0 Å². The Labute approximate surface area is 40.9 Å². The Morgan fingerprint density at radius 2 is 2.43 bits per heavy atom. The highest BCUT2D eigenvalue weighted by molar-refractivity contribution is 4.66. The van der Waals surface area contributed by atoms with Gasteiger partial charge in [-0.25, -0.2) is 4.39 Å². The van der Waals surface area contributed by atoms with Crippen molar-refractivity contribution in [1.29, 1.82) is 0 Å². The molecule has 0 aromatic rings. The van der Waals surface area contributed by atoms with Crippen molar-refractivity contribution in [2.45, 2.75) is 18.9 Å². The summed E-state index contributed by atoms with van der Waals surface area (Å²) in [5.74, 6) is 0. The summed E-state index contributed by atoms with van der Waals surface area (Å²) in [4.78, 5) is 0. The Kier molecular flexibility index (Phi) is 1.25. The molecule has 0 amide bonds. The first-order valence-electron chi connectivity index (χ1n) is 2.22. The van der Waals surface area contributed by atoms with Crippen LogP contribution in [-0.2, 0) is 9.84 Å². The van der Waals surface area contributed by atoms with Gasteiger partial charge in [-0.05, 0) is 0 Å². The van der Waals surface area contributed by atoms with Crippen LogP contribution in [0.4, 0.5) is 4.39 Å². The smallest absolute Gasteiger partial charge is 0.257 e. The monoisotopic (exact) mass is 105 g/mol. The van der Waals surface area contributed by atoms with Crippen LogP contribution >= 0.6 is 0 Å². The van der Waals surface area contributed by atoms with Gasteiger partial charge in [0, 0.05) is 13.0 Å². The predicted octanol–water partition coefficient (Wildman–Crippen LogP) is 0.501. The molecule has 0 aromatic carbocycles. The van der Waals surface area contributed by atoms with Crippen LogP contribution in [0.2, 0.25) is 0 Å². The molecule has 0 N–H and O–H groups in total. The second-order valence-corrected chi connectivity index (χ2v) is 1.55. The van der Waals surface area contributed by atoms with Crippen LogP contribution < -0.4 is 0 Å². The maximum absolute atomic E-state index is 11.5. The lowest BCUT2D eigenvalue weighted by Crippen LogP contribution is -2.34. The molecule has 0 aromatic heterocycles. The molecule has 0 spiro atoms. The molecule has 0 aliphatic carbocycles. The molecule has 7 heavy (non-hydrogen) atoms.